The van der Waals surface area contributed by atoms with E-state index in [1.165, 1.54) is 5.56 Å². The van der Waals surface area contributed by atoms with Crippen molar-refractivity contribution in [3.05, 3.63) is 82.6 Å². The topological polar surface area (TPSA) is 56.6 Å². The van der Waals surface area contributed by atoms with Crippen LogP contribution in [0, 0.1) is 13.8 Å². The maximum atomic E-state index is 13.1. The lowest BCUT2D eigenvalue weighted by atomic mass is 10.1. The molecule has 7 heteroatoms. The zero-order valence-corrected chi connectivity index (χ0v) is 20.9. The van der Waals surface area contributed by atoms with Gasteiger partial charge < -0.3 is 18.9 Å². The van der Waals surface area contributed by atoms with E-state index in [1.54, 1.807) is 30.2 Å². The van der Waals surface area contributed by atoms with Crippen molar-refractivity contribution in [1.82, 2.24) is 9.55 Å². The van der Waals surface area contributed by atoms with Crippen molar-refractivity contribution in [3.63, 3.8) is 0 Å². The summed E-state index contributed by atoms with van der Waals surface area (Å²) >= 11 is 6.24. The zero-order chi connectivity index (χ0) is 24.5. The van der Waals surface area contributed by atoms with Crippen LogP contribution >= 0.6 is 11.6 Å². The Kier molecular flexibility index (Phi) is 6.39. The number of rotatable bonds is 7. The first-order valence-electron chi connectivity index (χ1n) is 11.7. The molecule has 1 aromatic heterocycles. The monoisotopic (exact) mass is 489 g/mol. The maximum absolute atomic E-state index is 13.1. The molecule has 180 valence electrons. The SMILES string of the molecule is COc1ccc(Cl)cc1N1CC(c2nc3ccccc3n2CCOc2cc(C)ccc2C)CC1=O. The molecule has 1 fully saturated rings. The first-order chi connectivity index (χ1) is 16.9. The number of nitrogens with zero attached hydrogens (tertiary/aromatic N) is 3. The first kappa shape index (κ1) is 23.2. The second kappa shape index (κ2) is 9.62. The molecule has 1 atom stereocenters. The third-order valence-corrected chi connectivity index (χ3v) is 6.76. The molecule has 4 aromatic rings. The van der Waals surface area contributed by atoms with Crippen molar-refractivity contribution in [2.24, 2.45) is 0 Å². The van der Waals surface area contributed by atoms with E-state index in [-0.39, 0.29) is 11.8 Å². The van der Waals surface area contributed by atoms with Gasteiger partial charge in [-0.05, 0) is 61.4 Å². The predicted octanol–water partition coefficient (Wildman–Crippen LogP) is 5.91. The number of aromatic nitrogens is 2. The summed E-state index contributed by atoms with van der Waals surface area (Å²) < 4.78 is 13.8. The summed E-state index contributed by atoms with van der Waals surface area (Å²) in [4.78, 5) is 19.8. The van der Waals surface area contributed by atoms with Gasteiger partial charge in [0.1, 0.15) is 23.9 Å². The Morgan fingerprint density at radius 3 is 2.71 bits per heavy atom. The molecular weight excluding hydrogens is 462 g/mol. The largest absolute Gasteiger partial charge is 0.495 e. The fourth-order valence-electron chi connectivity index (χ4n) is 4.74. The molecule has 1 saturated heterocycles. The Morgan fingerprint density at radius 1 is 1.06 bits per heavy atom. The molecule has 2 heterocycles. The highest BCUT2D eigenvalue weighted by atomic mass is 35.5. The first-order valence-corrected chi connectivity index (χ1v) is 12.1. The van der Waals surface area contributed by atoms with E-state index < -0.39 is 0 Å². The summed E-state index contributed by atoms with van der Waals surface area (Å²) in [7, 11) is 1.60. The minimum Gasteiger partial charge on any atom is -0.495 e. The van der Waals surface area contributed by atoms with Crippen LogP contribution in [0.5, 0.6) is 11.5 Å². The van der Waals surface area contributed by atoms with Crippen LogP contribution in [-0.2, 0) is 11.3 Å². The normalized spacial score (nSPS) is 15.7. The van der Waals surface area contributed by atoms with Gasteiger partial charge in [-0.25, -0.2) is 4.98 Å². The molecule has 6 nitrogen and oxygen atoms in total. The van der Waals surface area contributed by atoms with Gasteiger partial charge in [0.05, 0.1) is 30.4 Å². The van der Waals surface area contributed by atoms with Gasteiger partial charge >= 0.3 is 0 Å². The van der Waals surface area contributed by atoms with E-state index in [0.29, 0.717) is 42.6 Å². The molecule has 0 N–H and O–H groups in total. The number of carbonyl (C=O) groups excluding carboxylic acids is 1. The van der Waals surface area contributed by atoms with Gasteiger partial charge in [-0.1, -0.05) is 35.9 Å². The summed E-state index contributed by atoms with van der Waals surface area (Å²) in [5, 5.41) is 0.563. The fourth-order valence-corrected chi connectivity index (χ4v) is 4.90. The number of aryl methyl sites for hydroxylation is 2. The molecule has 3 aromatic carbocycles. The third-order valence-electron chi connectivity index (χ3n) is 6.52. The zero-order valence-electron chi connectivity index (χ0n) is 20.1. The van der Waals surface area contributed by atoms with E-state index in [9.17, 15) is 4.79 Å². The number of halogens is 1. The molecule has 1 unspecified atom stereocenters. The van der Waals surface area contributed by atoms with E-state index in [2.05, 4.69) is 42.7 Å². The third kappa shape index (κ3) is 4.58. The Balaban J connectivity index is 1.43. The Morgan fingerprint density at radius 2 is 1.89 bits per heavy atom. The van der Waals surface area contributed by atoms with Crippen LogP contribution in [0.15, 0.2) is 60.7 Å². The lowest BCUT2D eigenvalue weighted by Crippen LogP contribution is -2.25. The van der Waals surface area contributed by atoms with Crippen molar-refractivity contribution >= 4 is 34.2 Å². The van der Waals surface area contributed by atoms with Crippen molar-refractivity contribution in [3.8, 4) is 11.5 Å². The van der Waals surface area contributed by atoms with Crippen molar-refractivity contribution < 1.29 is 14.3 Å². The molecular formula is C28H28ClN3O3. The van der Waals surface area contributed by atoms with Gasteiger partial charge in [-0.3, -0.25) is 4.79 Å². The summed E-state index contributed by atoms with van der Waals surface area (Å²) in [6.45, 7) is 5.76. The van der Waals surface area contributed by atoms with Gasteiger partial charge in [0.2, 0.25) is 5.91 Å². The van der Waals surface area contributed by atoms with Gasteiger partial charge in [0.25, 0.3) is 0 Å². The number of para-hydroxylation sites is 2. The van der Waals surface area contributed by atoms with Crippen LogP contribution in [0.3, 0.4) is 0 Å². The molecule has 0 aliphatic carbocycles. The predicted molar refractivity (Wildman–Crippen MR) is 139 cm³/mol. The van der Waals surface area contributed by atoms with Crippen LogP contribution in [-0.4, -0.2) is 35.7 Å². The van der Waals surface area contributed by atoms with Gasteiger partial charge in [-0.2, -0.15) is 0 Å². The van der Waals surface area contributed by atoms with Gasteiger partial charge in [0.15, 0.2) is 0 Å². The number of methoxy groups -OCH3 is 1. The van der Waals surface area contributed by atoms with Crippen LogP contribution < -0.4 is 14.4 Å². The second-order valence-corrected chi connectivity index (χ2v) is 9.39. The van der Waals surface area contributed by atoms with Crippen LogP contribution in [0.2, 0.25) is 5.02 Å². The number of benzene rings is 3. The molecule has 35 heavy (non-hydrogen) atoms. The number of amides is 1. The summed E-state index contributed by atoms with van der Waals surface area (Å²) in [5.74, 6) is 2.39. The van der Waals surface area contributed by atoms with Crippen LogP contribution in [0.25, 0.3) is 11.0 Å². The fraction of sp³-hybridized carbons (Fsp3) is 0.286. The Hall–Kier alpha value is -3.51. The number of carbonyl (C=O) groups is 1. The summed E-state index contributed by atoms with van der Waals surface area (Å²) in [5.41, 5.74) is 4.92. The maximum Gasteiger partial charge on any atom is 0.227 e. The molecule has 5 rings (SSSR count). The molecule has 1 aliphatic heterocycles. The Bertz CT molecular complexity index is 1400. The average molecular weight is 490 g/mol. The lowest BCUT2D eigenvalue weighted by molar-refractivity contribution is -0.117. The van der Waals surface area contributed by atoms with E-state index in [1.807, 2.05) is 18.2 Å². The van der Waals surface area contributed by atoms with E-state index >= 15 is 0 Å². The Labute approximate surface area is 210 Å². The number of hydrogen-bond donors (Lipinski definition) is 0. The highest BCUT2D eigenvalue weighted by molar-refractivity contribution is 6.31. The number of anilines is 1. The molecule has 1 aliphatic rings. The smallest absolute Gasteiger partial charge is 0.227 e. The van der Waals surface area contributed by atoms with E-state index in [0.717, 1.165) is 28.2 Å². The standard InChI is InChI=1S/C28H28ClN3O3/c1-18-8-9-19(2)26(14-18)35-13-12-31-23-7-5-4-6-22(23)30-28(31)20-15-27(33)32(17-20)24-16-21(29)10-11-25(24)34-3/h4-11,14,16,20H,12-13,15,17H2,1-3H3. The summed E-state index contributed by atoms with van der Waals surface area (Å²) in [6.07, 6.45) is 0.372. The number of hydrogen-bond acceptors (Lipinski definition) is 4. The number of fused-ring (bicyclic) bond motifs is 1. The summed E-state index contributed by atoms with van der Waals surface area (Å²) in [6, 6.07) is 19.6. The molecule has 0 bridgehead atoms. The molecule has 1 amide bonds. The molecule has 0 radical (unpaired) electrons. The van der Waals surface area contributed by atoms with Crippen molar-refractivity contribution in [2.75, 3.05) is 25.2 Å². The van der Waals surface area contributed by atoms with Crippen molar-refractivity contribution in [1.29, 1.82) is 0 Å². The van der Waals surface area contributed by atoms with Crippen LogP contribution in [0.4, 0.5) is 5.69 Å². The number of imidazole rings is 1. The van der Waals surface area contributed by atoms with Gasteiger partial charge in [0, 0.05) is 23.9 Å². The van der Waals surface area contributed by atoms with Crippen molar-refractivity contribution in [2.45, 2.75) is 32.7 Å². The minimum absolute atomic E-state index is 0.0285. The average Bonchev–Trinajstić information content (AvgIpc) is 3.41. The molecule has 0 spiro atoms. The number of ether oxygens (including phenoxy) is 2. The van der Waals surface area contributed by atoms with Gasteiger partial charge in [-0.15, -0.1) is 0 Å². The quantitative estimate of drug-likeness (QED) is 0.323. The molecule has 0 saturated carbocycles. The highest BCUT2D eigenvalue weighted by Crippen LogP contribution is 2.38. The van der Waals surface area contributed by atoms with E-state index in [4.69, 9.17) is 26.1 Å². The highest BCUT2D eigenvalue weighted by Gasteiger charge is 2.36. The second-order valence-electron chi connectivity index (χ2n) is 8.95. The minimum atomic E-state index is -0.0562. The lowest BCUT2D eigenvalue weighted by Gasteiger charge is -2.20. The van der Waals surface area contributed by atoms with Crippen LogP contribution in [0.1, 0.15) is 29.3 Å².